The lowest BCUT2D eigenvalue weighted by Gasteiger charge is -2.03. The summed E-state index contributed by atoms with van der Waals surface area (Å²) in [5.41, 5.74) is -0.199. The van der Waals surface area contributed by atoms with Crippen molar-refractivity contribution in [1.29, 1.82) is 5.26 Å². The van der Waals surface area contributed by atoms with Gasteiger partial charge in [0.15, 0.2) is 0 Å². The van der Waals surface area contributed by atoms with Crippen LogP contribution in [0.1, 0.15) is 5.56 Å². The first kappa shape index (κ1) is 10.7. The number of nitriles is 1. The fourth-order valence-corrected chi connectivity index (χ4v) is 1.48. The standard InChI is InChI=1S/C9H10N2O2S/c1-14(13)6-5-11-4-2-3-8(7-10)9(11)12/h2-4H,5-6H2,1H3. The highest BCUT2D eigenvalue weighted by Crippen LogP contribution is 1.90. The molecule has 1 aromatic heterocycles. The number of aromatic nitrogens is 1. The van der Waals surface area contributed by atoms with Gasteiger partial charge in [-0.1, -0.05) is 0 Å². The molecule has 0 saturated carbocycles. The predicted octanol–water partition coefficient (Wildman–Crippen LogP) is 0.0985. The van der Waals surface area contributed by atoms with Crippen LogP contribution < -0.4 is 5.56 Å². The molecule has 4 nitrogen and oxygen atoms in total. The van der Waals surface area contributed by atoms with Gasteiger partial charge in [0, 0.05) is 35.5 Å². The van der Waals surface area contributed by atoms with E-state index in [2.05, 4.69) is 0 Å². The van der Waals surface area contributed by atoms with E-state index in [9.17, 15) is 9.00 Å². The molecule has 1 unspecified atom stereocenters. The zero-order valence-corrected chi connectivity index (χ0v) is 8.58. The average molecular weight is 210 g/mol. The van der Waals surface area contributed by atoms with E-state index in [4.69, 9.17) is 5.26 Å². The van der Waals surface area contributed by atoms with Gasteiger partial charge in [0.1, 0.15) is 11.6 Å². The van der Waals surface area contributed by atoms with Crippen LogP contribution in [0, 0.1) is 11.3 Å². The predicted molar refractivity (Wildman–Crippen MR) is 54.4 cm³/mol. The van der Waals surface area contributed by atoms with Gasteiger partial charge in [-0.25, -0.2) is 0 Å². The van der Waals surface area contributed by atoms with Crippen molar-refractivity contribution in [1.82, 2.24) is 4.57 Å². The Morgan fingerprint density at radius 1 is 1.64 bits per heavy atom. The van der Waals surface area contributed by atoms with Gasteiger partial charge < -0.3 is 4.57 Å². The van der Waals surface area contributed by atoms with Gasteiger partial charge in [0.25, 0.3) is 5.56 Å². The van der Waals surface area contributed by atoms with Crippen LogP contribution in [0.5, 0.6) is 0 Å². The van der Waals surface area contributed by atoms with Gasteiger partial charge in [0.05, 0.1) is 0 Å². The molecule has 1 heterocycles. The van der Waals surface area contributed by atoms with E-state index in [1.165, 1.54) is 10.6 Å². The fourth-order valence-electron chi connectivity index (χ4n) is 1.02. The minimum absolute atomic E-state index is 0.120. The van der Waals surface area contributed by atoms with Crippen molar-refractivity contribution in [3.63, 3.8) is 0 Å². The highest BCUT2D eigenvalue weighted by molar-refractivity contribution is 7.84. The Kier molecular flexibility index (Phi) is 3.60. The Morgan fingerprint density at radius 2 is 2.36 bits per heavy atom. The van der Waals surface area contributed by atoms with Crippen molar-refractivity contribution in [2.24, 2.45) is 0 Å². The molecule has 5 heteroatoms. The molecular weight excluding hydrogens is 200 g/mol. The number of pyridine rings is 1. The third-order valence-corrected chi connectivity index (χ3v) is 2.52. The summed E-state index contributed by atoms with van der Waals surface area (Å²) in [7, 11) is -0.926. The largest absolute Gasteiger partial charge is 0.313 e. The molecule has 0 radical (unpaired) electrons. The minimum atomic E-state index is -0.926. The average Bonchev–Trinajstić information content (AvgIpc) is 2.16. The number of nitrogens with zero attached hydrogens (tertiary/aromatic N) is 2. The number of hydrogen-bond acceptors (Lipinski definition) is 3. The topological polar surface area (TPSA) is 62.9 Å². The summed E-state index contributed by atoms with van der Waals surface area (Å²) < 4.78 is 12.2. The van der Waals surface area contributed by atoms with E-state index in [1.807, 2.05) is 6.07 Å². The number of hydrogen-bond donors (Lipinski definition) is 0. The smallest absolute Gasteiger partial charge is 0.268 e. The van der Waals surface area contributed by atoms with Crippen LogP contribution in [0.3, 0.4) is 0 Å². The minimum Gasteiger partial charge on any atom is -0.313 e. The summed E-state index contributed by atoms with van der Waals surface area (Å²) in [6, 6.07) is 4.93. The van der Waals surface area contributed by atoms with Crippen LogP contribution in [0.2, 0.25) is 0 Å². The second-order valence-corrected chi connectivity index (χ2v) is 4.36. The summed E-state index contributed by atoms with van der Waals surface area (Å²) in [4.78, 5) is 11.5. The third-order valence-electron chi connectivity index (χ3n) is 1.76. The molecule has 0 bridgehead atoms. The van der Waals surface area contributed by atoms with Crippen molar-refractivity contribution in [3.05, 3.63) is 34.2 Å². The number of rotatable bonds is 3. The first-order chi connectivity index (χ1) is 6.65. The Hall–Kier alpha value is -1.41. The molecule has 0 amide bonds. The Morgan fingerprint density at radius 3 is 2.93 bits per heavy atom. The van der Waals surface area contributed by atoms with Gasteiger partial charge in [-0.05, 0) is 12.1 Å². The second-order valence-electron chi connectivity index (χ2n) is 2.81. The van der Waals surface area contributed by atoms with Crippen molar-refractivity contribution >= 4 is 10.8 Å². The molecule has 1 aromatic rings. The molecule has 0 N–H and O–H groups in total. The highest BCUT2D eigenvalue weighted by Gasteiger charge is 2.01. The van der Waals surface area contributed by atoms with E-state index in [-0.39, 0.29) is 11.1 Å². The molecule has 0 aromatic carbocycles. The SMILES string of the molecule is CS(=O)CCn1cccc(C#N)c1=O. The van der Waals surface area contributed by atoms with Crippen LogP contribution in [0.4, 0.5) is 0 Å². The van der Waals surface area contributed by atoms with E-state index in [0.29, 0.717) is 12.3 Å². The number of aryl methyl sites for hydroxylation is 1. The third kappa shape index (κ3) is 2.54. The molecule has 0 fully saturated rings. The summed E-state index contributed by atoms with van der Waals surface area (Å²) in [5, 5.41) is 8.60. The van der Waals surface area contributed by atoms with Crippen LogP contribution in [-0.4, -0.2) is 20.8 Å². The summed E-state index contributed by atoms with van der Waals surface area (Å²) >= 11 is 0. The molecule has 74 valence electrons. The van der Waals surface area contributed by atoms with E-state index < -0.39 is 10.8 Å². The maximum Gasteiger partial charge on any atom is 0.268 e. The normalized spacial score (nSPS) is 12.0. The quantitative estimate of drug-likeness (QED) is 0.710. The van der Waals surface area contributed by atoms with Gasteiger partial charge in [-0.15, -0.1) is 0 Å². The Labute approximate surface area is 84.2 Å². The maximum atomic E-state index is 11.5. The molecule has 0 aliphatic rings. The summed E-state index contributed by atoms with van der Waals surface area (Å²) in [5.74, 6) is 0.425. The van der Waals surface area contributed by atoms with Gasteiger partial charge in [-0.2, -0.15) is 5.26 Å². The molecule has 0 saturated heterocycles. The highest BCUT2D eigenvalue weighted by atomic mass is 32.2. The molecular formula is C9H10N2O2S. The van der Waals surface area contributed by atoms with Gasteiger partial charge in [-0.3, -0.25) is 9.00 Å². The zero-order chi connectivity index (χ0) is 10.6. The van der Waals surface area contributed by atoms with Crippen LogP contribution >= 0.6 is 0 Å². The van der Waals surface area contributed by atoms with Gasteiger partial charge >= 0.3 is 0 Å². The Bertz CT molecular complexity index is 445. The second kappa shape index (κ2) is 4.72. The van der Waals surface area contributed by atoms with Crippen molar-refractivity contribution in [3.8, 4) is 6.07 Å². The lowest BCUT2D eigenvalue weighted by molar-refractivity contribution is 0.672. The van der Waals surface area contributed by atoms with Gasteiger partial charge in [0.2, 0.25) is 0 Å². The molecule has 0 spiro atoms. The first-order valence-corrected chi connectivity index (χ1v) is 5.77. The zero-order valence-electron chi connectivity index (χ0n) is 7.77. The molecule has 14 heavy (non-hydrogen) atoms. The monoisotopic (exact) mass is 210 g/mol. The van der Waals surface area contributed by atoms with Crippen molar-refractivity contribution < 1.29 is 4.21 Å². The van der Waals surface area contributed by atoms with Crippen molar-refractivity contribution in [2.45, 2.75) is 6.54 Å². The van der Waals surface area contributed by atoms with E-state index in [1.54, 1.807) is 18.5 Å². The van der Waals surface area contributed by atoms with E-state index in [0.717, 1.165) is 0 Å². The summed E-state index contributed by atoms with van der Waals surface area (Å²) in [6.45, 7) is 0.386. The lowest BCUT2D eigenvalue weighted by atomic mass is 10.3. The molecule has 0 aliphatic heterocycles. The van der Waals surface area contributed by atoms with Crippen LogP contribution in [-0.2, 0) is 17.3 Å². The molecule has 1 atom stereocenters. The van der Waals surface area contributed by atoms with Crippen LogP contribution in [0.25, 0.3) is 0 Å². The maximum absolute atomic E-state index is 11.5. The van der Waals surface area contributed by atoms with Crippen LogP contribution in [0.15, 0.2) is 23.1 Å². The molecule has 0 aliphatic carbocycles. The molecule has 1 rings (SSSR count). The lowest BCUT2D eigenvalue weighted by Crippen LogP contribution is -2.23. The summed E-state index contributed by atoms with van der Waals surface area (Å²) in [6.07, 6.45) is 3.18. The Balaban J connectivity index is 2.94. The first-order valence-electron chi connectivity index (χ1n) is 4.04. The van der Waals surface area contributed by atoms with Crippen molar-refractivity contribution in [2.75, 3.05) is 12.0 Å². The van der Waals surface area contributed by atoms with E-state index >= 15 is 0 Å². The fraction of sp³-hybridized carbons (Fsp3) is 0.333.